The zero-order chi connectivity index (χ0) is 60.1. The third-order valence-corrected chi connectivity index (χ3v) is 16.3. The Kier molecular flexibility index (Phi) is 28.5. The number of aliphatic hydroxyl groups is 1. The average Bonchev–Trinajstić information content (AvgIpc) is 3.91. The molecule has 1 heterocycles. The second kappa shape index (κ2) is 33.2. The van der Waals surface area contributed by atoms with Crippen molar-refractivity contribution in [3.8, 4) is 0 Å². The van der Waals surface area contributed by atoms with Gasteiger partial charge in [-0.3, -0.25) is 28.8 Å². The number of carbonyl (C=O) groups is 8. The van der Waals surface area contributed by atoms with Crippen LogP contribution in [0.15, 0.2) is 54.6 Å². The molecule has 448 valence electrons. The quantitative estimate of drug-likeness (QED) is 0.0421. The van der Waals surface area contributed by atoms with Gasteiger partial charge < -0.3 is 56.1 Å². The van der Waals surface area contributed by atoms with Gasteiger partial charge >= 0.3 is 12.1 Å². The zero-order valence-electron chi connectivity index (χ0n) is 50.3. The van der Waals surface area contributed by atoms with Crippen LogP contribution >= 0.6 is 0 Å². The predicted molar refractivity (Wildman–Crippen MR) is 309 cm³/mol. The van der Waals surface area contributed by atoms with Crippen LogP contribution in [0.25, 0.3) is 0 Å². The Balaban J connectivity index is 1.70. The highest BCUT2D eigenvalue weighted by Gasteiger charge is 2.44. The van der Waals surface area contributed by atoms with Crippen LogP contribution in [0.4, 0.5) is 15.3 Å². The van der Waals surface area contributed by atoms with Gasteiger partial charge in [0, 0.05) is 84.1 Å². The summed E-state index contributed by atoms with van der Waals surface area (Å²) < 4.78 is 17.8. The first kappa shape index (κ1) is 68.5. The SMILES string of the molecule is CCC(C)[C@@H]([C@@H](CC(=O)N1CCC[C@H]1[C@H](OC)[C@@H](C)C(=O)C[C@H](C)[C@@H](O)c1ccccc1)OC)N(C)C(=O)[C@@H](CC(=O)[C@H](C(C)C)N(C)C(=O)OCc1ccc(NC(=O)[C@H](CCCNC(N)=O)CC(=O)[C@@H](N)C(C)C)cc1)C(C)C. The molecule has 1 fully saturated rings. The van der Waals surface area contributed by atoms with Crippen LogP contribution in [-0.4, -0.2) is 145 Å². The number of urea groups is 1. The lowest BCUT2D eigenvalue weighted by atomic mass is 9.83. The molecule has 1 aliphatic heterocycles. The van der Waals surface area contributed by atoms with Crippen molar-refractivity contribution in [2.75, 3.05) is 46.7 Å². The van der Waals surface area contributed by atoms with E-state index in [1.54, 1.807) is 48.2 Å². The van der Waals surface area contributed by atoms with E-state index in [4.69, 9.17) is 25.7 Å². The number of Topliss-reactive ketones (excluding diaryl/α,β-unsaturated/α-hetero) is 3. The van der Waals surface area contributed by atoms with Gasteiger partial charge in [0.15, 0.2) is 11.6 Å². The van der Waals surface area contributed by atoms with Gasteiger partial charge in [0.05, 0.1) is 48.9 Å². The average molecular weight is 1120 g/mol. The maximum atomic E-state index is 14.8. The molecule has 3 rings (SSSR count). The molecule has 1 aliphatic rings. The molecule has 2 aromatic rings. The Bertz CT molecular complexity index is 2320. The molecule has 80 heavy (non-hydrogen) atoms. The van der Waals surface area contributed by atoms with Crippen molar-refractivity contribution in [1.82, 2.24) is 20.0 Å². The number of hydrogen-bond acceptors (Lipinski definition) is 13. The van der Waals surface area contributed by atoms with Gasteiger partial charge in [-0.25, -0.2) is 9.59 Å². The predicted octanol–water partition coefficient (Wildman–Crippen LogP) is 7.71. The molecule has 1 saturated heterocycles. The van der Waals surface area contributed by atoms with E-state index >= 15 is 0 Å². The first-order valence-electron chi connectivity index (χ1n) is 28.7. The summed E-state index contributed by atoms with van der Waals surface area (Å²) in [4.78, 5) is 113. The summed E-state index contributed by atoms with van der Waals surface area (Å²) in [5, 5.41) is 16.3. The highest BCUT2D eigenvalue weighted by atomic mass is 16.6. The van der Waals surface area contributed by atoms with Gasteiger partial charge in [-0.2, -0.15) is 0 Å². The van der Waals surface area contributed by atoms with E-state index in [-0.39, 0.29) is 110 Å². The standard InChI is InChI=1S/C61H97N7O12/c1-15-39(8)55(51(78-13)34-52(72)68-30-20-24-47(68)57(79-14)41(10)48(69)31-40(9)56(73)43-21-17-16-18-22-43)66(11)59(75)46(36(2)3)33-50(71)54(38(6)7)67(12)61(77)80-35-42-25-27-45(28-26-42)65-58(74)44(23-19-29-64-60(63)76)32-49(70)53(62)37(4)5/h16-18,21-22,25-28,36-41,44,46-47,51,53-57,73H,15,19-20,23-24,29-35,62H2,1-14H3,(H,65,74)(H3,63,64,76)/t39?,40-,41-,44+,46-,47-,51+,53-,54-,55-,56+,57+/m0/s1. The minimum Gasteiger partial charge on any atom is -0.445 e. The Morgan fingerprint density at radius 2 is 1.40 bits per heavy atom. The number of carbonyl (C=O) groups excluding carboxylic acids is 8. The normalized spacial score (nSPS) is 17.7. The van der Waals surface area contributed by atoms with Crippen LogP contribution in [-0.2, 0) is 49.6 Å². The topological polar surface area (TPSA) is 270 Å². The van der Waals surface area contributed by atoms with Crippen molar-refractivity contribution >= 4 is 52.9 Å². The number of anilines is 1. The summed E-state index contributed by atoms with van der Waals surface area (Å²) >= 11 is 0. The number of amides is 6. The third-order valence-electron chi connectivity index (χ3n) is 16.3. The Labute approximate surface area is 476 Å². The molecule has 0 aromatic heterocycles. The van der Waals surface area contributed by atoms with Gasteiger partial charge in [-0.15, -0.1) is 0 Å². The third kappa shape index (κ3) is 19.8. The van der Waals surface area contributed by atoms with Crippen molar-refractivity contribution in [3.05, 3.63) is 65.7 Å². The van der Waals surface area contributed by atoms with Gasteiger partial charge in [0.2, 0.25) is 17.7 Å². The van der Waals surface area contributed by atoms with Crippen molar-refractivity contribution in [1.29, 1.82) is 0 Å². The lowest BCUT2D eigenvalue weighted by Gasteiger charge is -2.41. The second-order valence-electron chi connectivity index (χ2n) is 23.2. The first-order valence-corrected chi connectivity index (χ1v) is 28.7. The van der Waals surface area contributed by atoms with E-state index in [0.717, 1.165) is 12.0 Å². The molecule has 19 heteroatoms. The fraction of sp³-hybridized carbons (Fsp3) is 0.672. The van der Waals surface area contributed by atoms with Crippen LogP contribution in [0.1, 0.15) is 144 Å². The molecular formula is C61H97N7O12. The molecule has 2 aromatic carbocycles. The van der Waals surface area contributed by atoms with E-state index < -0.39 is 66.3 Å². The molecule has 0 spiro atoms. The summed E-state index contributed by atoms with van der Waals surface area (Å²) in [6.07, 6.45) is -0.218. The number of aliphatic hydroxyl groups excluding tert-OH is 1. The molecule has 19 nitrogen and oxygen atoms in total. The highest BCUT2D eigenvalue weighted by Crippen LogP contribution is 2.33. The van der Waals surface area contributed by atoms with E-state index in [1.807, 2.05) is 99.6 Å². The molecule has 0 saturated carbocycles. The fourth-order valence-electron chi connectivity index (χ4n) is 11.1. The number of nitrogens with one attached hydrogen (secondary N) is 2. The van der Waals surface area contributed by atoms with E-state index in [1.165, 1.54) is 19.1 Å². The summed E-state index contributed by atoms with van der Waals surface area (Å²) in [5.41, 5.74) is 13.1. The number of ether oxygens (including phenoxy) is 3. The molecule has 0 bridgehead atoms. The van der Waals surface area contributed by atoms with Crippen LogP contribution in [0, 0.1) is 47.3 Å². The minimum atomic E-state index is -0.928. The number of hydrogen-bond donors (Lipinski definition) is 5. The summed E-state index contributed by atoms with van der Waals surface area (Å²) in [5.74, 6) is -4.67. The monoisotopic (exact) mass is 1120 g/mol. The Morgan fingerprint density at radius 3 is 1.95 bits per heavy atom. The van der Waals surface area contributed by atoms with E-state index in [0.29, 0.717) is 43.5 Å². The number of likely N-dealkylation sites (N-methyl/N-ethyl adjacent to an activating group) is 2. The van der Waals surface area contributed by atoms with Crippen molar-refractivity contribution in [2.45, 2.75) is 176 Å². The van der Waals surface area contributed by atoms with E-state index in [2.05, 4.69) is 10.6 Å². The summed E-state index contributed by atoms with van der Waals surface area (Å²) in [6.45, 7) is 19.3. The largest absolute Gasteiger partial charge is 0.445 e. The molecule has 1 unspecified atom stereocenters. The Hall–Kier alpha value is -5.76. The molecular weight excluding hydrogens is 1020 g/mol. The van der Waals surface area contributed by atoms with Crippen LogP contribution in [0.2, 0.25) is 0 Å². The highest BCUT2D eigenvalue weighted by molar-refractivity contribution is 5.96. The van der Waals surface area contributed by atoms with Crippen molar-refractivity contribution in [3.63, 3.8) is 0 Å². The van der Waals surface area contributed by atoms with Crippen LogP contribution in [0.3, 0.4) is 0 Å². The van der Waals surface area contributed by atoms with Crippen LogP contribution < -0.4 is 22.1 Å². The minimum absolute atomic E-state index is 0.0364. The molecule has 0 aliphatic carbocycles. The number of nitrogens with zero attached hydrogens (tertiary/aromatic N) is 3. The number of rotatable bonds is 34. The molecule has 7 N–H and O–H groups in total. The fourth-order valence-corrected chi connectivity index (χ4v) is 11.1. The summed E-state index contributed by atoms with van der Waals surface area (Å²) in [7, 11) is 6.28. The first-order chi connectivity index (χ1) is 37.7. The maximum absolute atomic E-state index is 14.8. The van der Waals surface area contributed by atoms with Crippen molar-refractivity contribution in [2.24, 2.45) is 58.8 Å². The number of nitrogens with two attached hydrogens (primary N) is 2. The second-order valence-corrected chi connectivity index (χ2v) is 23.2. The number of primary amides is 1. The summed E-state index contributed by atoms with van der Waals surface area (Å²) in [6, 6.07) is 12.7. The smallest absolute Gasteiger partial charge is 0.410 e. The van der Waals surface area contributed by atoms with Gasteiger partial charge in [0.1, 0.15) is 12.4 Å². The lowest BCUT2D eigenvalue weighted by Crippen LogP contribution is -2.54. The maximum Gasteiger partial charge on any atom is 0.410 e. The number of methoxy groups -OCH3 is 2. The van der Waals surface area contributed by atoms with E-state index in [9.17, 15) is 43.5 Å². The van der Waals surface area contributed by atoms with Crippen molar-refractivity contribution < 1.29 is 57.7 Å². The molecule has 12 atom stereocenters. The lowest BCUT2D eigenvalue weighted by molar-refractivity contribution is -0.149. The zero-order valence-corrected chi connectivity index (χ0v) is 50.3. The van der Waals surface area contributed by atoms with Crippen LogP contribution in [0.5, 0.6) is 0 Å². The number of ketones is 3. The molecule has 0 radical (unpaired) electrons. The molecule has 6 amide bonds. The van der Waals surface area contributed by atoms with Gasteiger partial charge in [-0.1, -0.05) is 118 Å². The number of likely N-dealkylation sites (tertiary alicyclic amines) is 1. The van der Waals surface area contributed by atoms with Gasteiger partial charge in [-0.05, 0) is 78.5 Å². The van der Waals surface area contributed by atoms with Gasteiger partial charge in [0.25, 0.3) is 0 Å². The number of benzene rings is 2. The Morgan fingerprint density at radius 1 is 0.762 bits per heavy atom.